The molecule has 0 spiro atoms. The van der Waals surface area contributed by atoms with E-state index in [9.17, 15) is 9.90 Å². The first kappa shape index (κ1) is 19.0. The van der Waals surface area contributed by atoms with Gasteiger partial charge in [-0.15, -0.1) is 0 Å². The summed E-state index contributed by atoms with van der Waals surface area (Å²) in [7, 11) is 1.79. The summed E-state index contributed by atoms with van der Waals surface area (Å²) in [5, 5.41) is 16.5. The fourth-order valence-corrected chi connectivity index (χ4v) is 3.21. The molecule has 0 aliphatic carbocycles. The number of hydrogen-bond acceptors (Lipinski definition) is 8. The highest BCUT2D eigenvalue weighted by Gasteiger charge is 2.33. The second-order valence-electron chi connectivity index (χ2n) is 7.12. The Morgan fingerprint density at radius 3 is 2.72 bits per heavy atom. The fraction of sp³-hybridized carbons (Fsp3) is 0.350. The maximum atomic E-state index is 12.2. The van der Waals surface area contributed by atoms with Gasteiger partial charge in [-0.25, -0.2) is 15.0 Å². The molecule has 9 nitrogen and oxygen atoms in total. The van der Waals surface area contributed by atoms with E-state index in [1.165, 1.54) is 0 Å². The third-order valence-corrected chi connectivity index (χ3v) is 4.78. The molecular weight excluding hydrogens is 372 g/mol. The third-order valence-electron chi connectivity index (χ3n) is 4.78. The van der Waals surface area contributed by atoms with E-state index >= 15 is 0 Å². The third kappa shape index (κ3) is 4.09. The van der Waals surface area contributed by atoms with Crippen LogP contribution in [0.5, 0.6) is 0 Å². The second kappa shape index (κ2) is 7.96. The highest BCUT2D eigenvalue weighted by atomic mass is 16.5. The Balaban J connectivity index is 1.57. The standard InChI is InChI=1S/C20H22N6O3/c1-12(27)11-22-20-21-8-6-16(24-20)14-4-3-5-15(23-14)17-10-18(29-25-17)13-7-9-26(2)19(13)28/h3-6,8,10,12-13,27H,7,9,11H2,1-2H3,(H,21,22,24). The Morgan fingerprint density at radius 2 is 2.00 bits per heavy atom. The number of carbonyl (C=O) groups excluding carboxylic acids is 1. The largest absolute Gasteiger partial charge is 0.392 e. The minimum Gasteiger partial charge on any atom is -0.392 e. The van der Waals surface area contributed by atoms with Gasteiger partial charge in [0.25, 0.3) is 0 Å². The normalized spacial score (nSPS) is 17.6. The molecule has 9 heteroatoms. The summed E-state index contributed by atoms with van der Waals surface area (Å²) in [6, 6.07) is 9.10. The lowest BCUT2D eigenvalue weighted by atomic mass is 10.0. The average Bonchev–Trinajstić information content (AvgIpc) is 3.34. The van der Waals surface area contributed by atoms with E-state index in [4.69, 9.17) is 4.52 Å². The van der Waals surface area contributed by atoms with Crippen molar-refractivity contribution in [1.29, 1.82) is 0 Å². The number of likely N-dealkylation sites (tertiary alicyclic amines) is 1. The topological polar surface area (TPSA) is 117 Å². The van der Waals surface area contributed by atoms with Crippen LogP contribution < -0.4 is 5.32 Å². The number of likely N-dealkylation sites (N-methyl/N-ethyl adjacent to an activating group) is 1. The average molecular weight is 394 g/mol. The summed E-state index contributed by atoms with van der Waals surface area (Å²) in [5.74, 6) is 0.748. The van der Waals surface area contributed by atoms with Gasteiger partial charge < -0.3 is 19.8 Å². The molecule has 3 aromatic heterocycles. The zero-order valence-corrected chi connectivity index (χ0v) is 16.2. The maximum Gasteiger partial charge on any atom is 0.233 e. The van der Waals surface area contributed by atoms with Crippen molar-refractivity contribution in [3.05, 3.63) is 42.3 Å². The number of nitrogens with zero attached hydrogens (tertiary/aromatic N) is 5. The monoisotopic (exact) mass is 394 g/mol. The predicted octanol–water partition coefficient (Wildman–Crippen LogP) is 1.93. The second-order valence-corrected chi connectivity index (χ2v) is 7.12. The summed E-state index contributed by atoms with van der Waals surface area (Å²) in [5.41, 5.74) is 2.51. The summed E-state index contributed by atoms with van der Waals surface area (Å²) in [6.07, 6.45) is 1.86. The number of hydrogen-bond donors (Lipinski definition) is 2. The molecule has 4 rings (SSSR count). The zero-order valence-electron chi connectivity index (χ0n) is 16.2. The Labute approximate surface area is 167 Å². The van der Waals surface area contributed by atoms with Crippen LogP contribution in [0.15, 0.2) is 41.1 Å². The summed E-state index contributed by atoms with van der Waals surface area (Å²) in [6.45, 7) is 2.76. The molecule has 0 bridgehead atoms. The van der Waals surface area contributed by atoms with Crippen LogP contribution in [0.25, 0.3) is 22.8 Å². The lowest BCUT2D eigenvalue weighted by molar-refractivity contribution is -0.128. The molecule has 2 N–H and O–H groups in total. The molecule has 1 saturated heterocycles. The van der Waals surface area contributed by atoms with Crippen LogP contribution in [-0.4, -0.2) is 62.3 Å². The molecule has 1 aliphatic rings. The van der Waals surface area contributed by atoms with Gasteiger partial charge in [-0.05, 0) is 31.5 Å². The van der Waals surface area contributed by atoms with Crippen LogP contribution in [0, 0.1) is 0 Å². The van der Waals surface area contributed by atoms with Gasteiger partial charge in [-0.3, -0.25) is 4.79 Å². The molecule has 3 aromatic rings. The van der Waals surface area contributed by atoms with Crippen molar-refractivity contribution < 1.29 is 14.4 Å². The van der Waals surface area contributed by atoms with Crippen LogP contribution in [0.2, 0.25) is 0 Å². The number of nitrogens with one attached hydrogen (secondary N) is 1. The first-order valence-corrected chi connectivity index (χ1v) is 9.45. The van der Waals surface area contributed by atoms with Crippen LogP contribution in [-0.2, 0) is 4.79 Å². The number of anilines is 1. The maximum absolute atomic E-state index is 12.2. The van der Waals surface area contributed by atoms with Crippen molar-refractivity contribution in [2.24, 2.45) is 0 Å². The molecule has 2 unspecified atom stereocenters. The SMILES string of the molecule is CC(O)CNc1nccc(-c2cccc(-c3cc(C4CCN(C)C4=O)on3)n2)n1. The molecule has 4 heterocycles. The number of pyridine rings is 1. The van der Waals surface area contributed by atoms with Gasteiger partial charge in [-0.1, -0.05) is 11.2 Å². The van der Waals surface area contributed by atoms with Gasteiger partial charge in [0, 0.05) is 32.4 Å². The van der Waals surface area contributed by atoms with E-state index in [2.05, 4.69) is 25.4 Å². The van der Waals surface area contributed by atoms with E-state index in [-0.39, 0.29) is 11.8 Å². The zero-order chi connectivity index (χ0) is 20.4. The van der Waals surface area contributed by atoms with Gasteiger partial charge in [0.1, 0.15) is 17.4 Å². The quantitative estimate of drug-likeness (QED) is 0.651. The number of carbonyl (C=O) groups is 1. The number of amides is 1. The van der Waals surface area contributed by atoms with Gasteiger partial charge >= 0.3 is 0 Å². The number of aromatic nitrogens is 4. The molecular formula is C20H22N6O3. The Bertz CT molecular complexity index is 1020. The molecule has 0 radical (unpaired) electrons. The van der Waals surface area contributed by atoms with Crippen molar-refractivity contribution in [1.82, 2.24) is 25.0 Å². The Morgan fingerprint density at radius 1 is 1.24 bits per heavy atom. The lowest BCUT2D eigenvalue weighted by Gasteiger charge is -2.08. The van der Waals surface area contributed by atoms with Crippen molar-refractivity contribution in [3.8, 4) is 22.8 Å². The van der Waals surface area contributed by atoms with Crippen molar-refractivity contribution in [2.45, 2.75) is 25.4 Å². The van der Waals surface area contributed by atoms with Gasteiger partial charge in [0.15, 0.2) is 0 Å². The first-order valence-electron chi connectivity index (χ1n) is 9.45. The van der Waals surface area contributed by atoms with Gasteiger partial charge in [0.2, 0.25) is 11.9 Å². The molecule has 2 atom stereocenters. The van der Waals surface area contributed by atoms with Crippen LogP contribution in [0.4, 0.5) is 5.95 Å². The molecule has 29 heavy (non-hydrogen) atoms. The smallest absolute Gasteiger partial charge is 0.233 e. The molecule has 0 saturated carbocycles. The predicted molar refractivity (Wildman–Crippen MR) is 106 cm³/mol. The Kier molecular flexibility index (Phi) is 5.22. The van der Waals surface area contributed by atoms with Crippen LogP contribution in [0.1, 0.15) is 25.0 Å². The molecule has 1 amide bonds. The number of aliphatic hydroxyl groups excluding tert-OH is 1. The first-order chi connectivity index (χ1) is 14.0. The van der Waals surface area contributed by atoms with E-state index in [0.717, 1.165) is 6.42 Å². The van der Waals surface area contributed by atoms with Crippen molar-refractivity contribution in [3.63, 3.8) is 0 Å². The number of rotatable bonds is 6. The minimum absolute atomic E-state index is 0.0487. The van der Waals surface area contributed by atoms with Crippen LogP contribution >= 0.6 is 0 Å². The minimum atomic E-state index is -0.503. The van der Waals surface area contributed by atoms with E-state index < -0.39 is 6.10 Å². The van der Waals surface area contributed by atoms with E-state index in [1.807, 2.05) is 18.2 Å². The highest BCUT2D eigenvalue weighted by Crippen LogP contribution is 2.30. The summed E-state index contributed by atoms with van der Waals surface area (Å²) in [4.78, 5) is 27.1. The summed E-state index contributed by atoms with van der Waals surface area (Å²) >= 11 is 0. The Hall–Kier alpha value is -3.33. The highest BCUT2D eigenvalue weighted by molar-refractivity contribution is 5.85. The van der Waals surface area contributed by atoms with E-state index in [0.29, 0.717) is 47.6 Å². The van der Waals surface area contributed by atoms with Crippen LogP contribution in [0.3, 0.4) is 0 Å². The molecule has 150 valence electrons. The fourth-order valence-electron chi connectivity index (χ4n) is 3.21. The molecule has 1 aliphatic heterocycles. The number of aliphatic hydroxyl groups is 1. The van der Waals surface area contributed by atoms with Crippen molar-refractivity contribution in [2.75, 3.05) is 25.5 Å². The van der Waals surface area contributed by atoms with E-state index in [1.54, 1.807) is 37.2 Å². The van der Waals surface area contributed by atoms with Gasteiger partial charge in [-0.2, -0.15) is 0 Å². The van der Waals surface area contributed by atoms with Gasteiger partial charge in [0.05, 0.1) is 23.2 Å². The molecule has 1 fully saturated rings. The summed E-state index contributed by atoms with van der Waals surface area (Å²) < 4.78 is 5.44. The lowest BCUT2D eigenvalue weighted by Crippen LogP contribution is -2.21. The van der Waals surface area contributed by atoms with Crippen molar-refractivity contribution >= 4 is 11.9 Å². The molecule has 0 aromatic carbocycles.